The van der Waals surface area contributed by atoms with Crippen molar-refractivity contribution in [2.75, 3.05) is 25.7 Å². The Balaban J connectivity index is 3.02. The van der Waals surface area contributed by atoms with Crippen molar-refractivity contribution in [3.8, 4) is 5.75 Å². The second-order valence-electron chi connectivity index (χ2n) is 3.40. The SMILES string of the molecule is CCOC(=O)C(=O)N(C)c1cc(Br)ccc1OC. The first kappa shape index (κ1) is 14.5. The van der Waals surface area contributed by atoms with Crippen LogP contribution < -0.4 is 9.64 Å². The maximum Gasteiger partial charge on any atom is 0.397 e. The van der Waals surface area contributed by atoms with Crippen molar-refractivity contribution >= 4 is 33.5 Å². The average Bonchev–Trinajstić information content (AvgIpc) is 2.37. The maximum atomic E-state index is 11.8. The van der Waals surface area contributed by atoms with Gasteiger partial charge < -0.3 is 14.4 Å². The van der Waals surface area contributed by atoms with Crippen LogP contribution in [0.15, 0.2) is 22.7 Å². The molecule has 98 valence electrons. The molecule has 5 nitrogen and oxygen atoms in total. The molecule has 0 unspecified atom stereocenters. The quantitative estimate of drug-likeness (QED) is 0.632. The minimum Gasteiger partial charge on any atom is -0.495 e. The number of likely N-dealkylation sites (N-methyl/N-ethyl adjacent to an activating group) is 1. The van der Waals surface area contributed by atoms with Crippen LogP contribution in [-0.4, -0.2) is 32.6 Å². The Morgan fingerprint density at radius 3 is 2.61 bits per heavy atom. The molecule has 0 N–H and O–H groups in total. The Bertz CT molecular complexity index is 461. The lowest BCUT2D eigenvalue weighted by atomic mass is 10.2. The highest BCUT2D eigenvalue weighted by molar-refractivity contribution is 9.10. The highest BCUT2D eigenvalue weighted by Gasteiger charge is 2.23. The summed E-state index contributed by atoms with van der Waals surface area (Å²) in [5.41, 5.74) is 0.491. The Hall–Kier alpha value is -1.56. The molecule has 0 aromatic heterocycles. The van der Waals surface area contributed by atoms with Crippen LogP contribution >= 0.6 is 15.9 Å². The Morgan fingerprint density at radius 1 is 1.39 bits per heavy atom. The van der Waals surface area contributed by atoms with Crippen molar-refractivity contribution in [2.24, 2.45) is 0 Å². The van der Waals surface area contributed by atoms with Crippen molar-refractivity contribution in [3.05, 3.63) is 22.7 Å². The molecular formula is C12H14BrNO4. The normalized spacial score (nSPS) is 9.78. The van der Waals surface area contributed by atoms with E-state index in [0.717, 1.165) is 4.47 Å². The standard InChI is InChI=1S/C12H14BrNO4/c1-4-18-12(16)11(15)14(2)9-7-8(13)5-6-10(9)17-3/h5-7H,4H2,1-3H3. The van der Waals surface area contributed by atoms with E-state index < -0.39 is 11.9 Å². The lowest BCUT2D eigenvalue weighted by Gasteiger charge is -2.19. The van der Waals surface area contributed by atoms with Crippen molar-refractivity contribution < 1.29 is 19.1 Å². The molecule has 1 aromatic rings. The number of esters is 1. The molecule has 0 heterocycles. The third-order valence-corrected chi connectivity index (χ3v) is 2.75. The summed E-state index contributed by atoms with van der Waals surface area (Å²) in [6.07, 6.45) is 0. The predicted octanol–water partition coefficient (Wildman–Crippen LogP) is 1.98. The summed E-state index contributed by atoms with van der Waals surface area (Å²) in [7, 11) is 2.99. The third-order valence-electron chi connectivity index (χ3n) is 2.26. The number of methoxy groups -OCH3 is 1. The number of halogens is 1. The van der Waals surface area contributed by atoms with Crippen LogP contribution in [-0.2, 0) is 14.3 Å². The Morgan fingerprint density at radius 2 is 2.06 bits per heavy atom. The number of carbonyl (C=O) groups excluding carboxylic acids is 2. The fourth-order valence-corrected chi connectivity index (χ4v) is 1.71. The van der Waals surface area contributed by atoms with E-state index in [9.17, 15) is 9.59 Å². The molecule has 0 atom stereocenters. The van der Waals surface area contributed by atoms with Gasteiger partial charge in [0.25, 0.3) is 0 Å². The van der Waals surface area contributed by atoms with Gasteiger partial charge in [0.1, 0.15) is 5.75 Å². The molecule has 0 saturated heterocycles. The first-order valence-corrected chi connectivity index (χ1v) is 6.08. The Labute approximate surface area is 114 Å². The lowest BCUT2D eigenvalue weighted by Crippen LogP contribution is -2.34. The number of ether oxygens (including phenoxy) is 2. The van der Waals surface area contributed by atoms with E-state index in [1.807, 2.05) is 0 Å². The summed E-state index contributed by atoms with van der Waals surface area (Å²) >= 11 is 3.30. The molecule has 0 saturated carbocycles. The fourth-order valence-electron chi connectivity index (χ4n) is 1.36. The number of hydrogen-bond acceptors (Lipinski definition) is 4. The van der Waals surface area contributed by atoms with Gasteiger partial charge in [-0.2, -0.15) is 0 Å². The van der Waals surface area contributed by atoms with Gasteiger partial charge in [-0.05, 0) is 25.1 Å². The maximum absolute atomic E-state index is 11.8. The number of amides is 1. The highest BCUT2D eigenvalue weighted by atomic mass is 79.9. The second-order valence-corrected chi connectivity index (χ2v) is 4.32. The van der Waals surface area contributed by atoms with Crippen LogP contribution in [0.3, 0.4) is 0 Å². The van der Waals surface area contributed by atoms with Gasteiger partial charge in [-0.25, -0.2) is 4.79 Å². The summed E-state index contributed by atoms with van der Waals surface area (Å²) in [5, 5.41) is 0. The third kappa shape index (κ3) is 3.22. The van der Waals surface area contributed by atoms with Crippen LogP contribution in [0, 0.1) is 0 Å². The van der Waals surface area contributed by atoms with E-state index in [-0.39, 0.29) is 6.61 Å². The van der Waals surface area contributed by atoms with Gasteiger partial charge in [-0.3, -0.25) is 4.79 Å². The molecule has 0 fully saturated rings. The zero-order chi connectivity index (χ0) is 13.7. The highest BCUT2D eigenvalue weighted by Crippen LogP contribution is 2.30. The van der Waals surface area contributed by atoms with E-state index in [0.29, 0.717) is 11.4 Å². The molecular weight excluding hydrogens is 302 g/mol. The van der Waals surface area contributed by atoms with Gasteiger partial charge in [0.05, 0.1) is 19.4 Å². The smallest absolute Gasteiger partial charge is 0.397 e. The number of hydrogen-bond donors (Lipinski definition) is 0. The van der Waals surface area contributed by atoms with Gasteiger partial charge >= 0.3 is 11.9 Å². The van der Waals surface area contributed by atoms with Crippen molar-refractivity contribution in [3.63, 3.8) is 0 Å². The molecule has 1 aromatic carbocycles. The topological polar surface area (TPSA) is 55.8 Å². The van der Waals surface area contributed by atoms with Crippen molar-refractivity contribution in [1.82, 2.24) is 0 Å². The molecule has 6 heteroatoms. The lowest BCUT2D eigenvalue weighted by molar-refractivity contribution is -0.153. The molecule has 0 aliphatic heterocycles. The first-order chi connectivity index (χ1) is 8.51. The van der Waals surface area contributed by atoms with Crippen LogP contribution in [0.25, 0.3) is 0 Å². The number of carbonyl (C=O) groups is 2. The number of benzene rings is 1. The van der Waals surface area contributed by atoms with Gasteiger partial charge in [0.2, 0.25) is 0 Å². The van der Waals surface area contributed by atoms with E-state index in [1.54, 1.807) is 25.1 Å². The predicted molar refractivity (Wildman–Crippen MR) is 70.7 cm³/mol. The van der Waals surface area contributed by atoms with Gasteiger partial charge in [-0.15, -0.1) is 0 Å². The summed E-state index contributed by atoms with van der Waals surface area (Å²) in [6.45, 7) is 1.80. The number of anilines is 1. The van der Waals surface area contributed by atoms with E-state index in [2.05, 4.69) is 20.7 Å². The number of rotatable bonds is 3. The summed E-state index contributed by atoms with van der Waals surface area (Å²) < 4.78 is 10.6. The minimum absolute atomic E-state index is 0.161. The molecule has 18 heavy (non-hydrogen) atoms. The van der Waals surface area contributed by atoms with Gasteiger partial charge in [0.15, 0.2) is 0 Å². The van der Waals surface area contributed by atoms with Crippen LogP contribution in [0.5, 0.6) is 5.75 Å². The van der Waals surface area contributed by atoms with Gasteiger partial charge in [-0.1, -0.05) is 15.9 Å². The van der Waals surface area contributed by atoms with Crippen LogP contribution in [0.1, 0.15) is 6.92 Å². The molecule has 0 bridgehead atoms. The average molecular weight is 316 g/mol. The van der Waals surface area contributed by atoms with Gasteiger partial charge in [0, 0.05) is 11.5 Å². The molecule has 1 amide bonds. The summed E-state index contributed by atoms with van der Waals surface area (Å²) in [4.78, 5) is 24.4. The summed E-state index contributed by atoms with van der Waals surface area (Å²) in [5.74, 6) is -1.13. The molecule has 0 radical (unpaired) electrons. The van der Waals surface area contributed by atoms with E-state index in [1.165, 1.54) is 19.1 Å². The number of nitrogens with zero attached hydrogens (tertiary/aromatic N) is 1. The molecule has 0 aliphatic carbocycles. The minimum atomic E-state index is -0.887. The van der Waals surface area contributed by atoms with E-state index >= 15 is 0 Å². The van der Waals surface area contributed by atoms with Crippen LogP contribution in [0.4, 0.5) is 5.69 Å². The first-order valence-electron chi connectivity index (χ1n) is 5.29. The second kappa shape index (κ2) is 6.39. The van der Waals surface area contributed by atoms with Crippen molar-refractivity contribution in [1.29, 1.82) is 0 Å². The monoisotopic (exact) mass is 315 g/mol. The Kier molecular flexibility index (Phi) is 5.15. The van der Waals surface area contributed by atoms with E-state index in [4.69, 9.17) is 4.74 Å². The molecule has 0 aliphatic rings. The van der Waals surface area contributed by atoms with Crippen LogP contribution in [0.2, 0.25) is 0 Å². The molecule has 1 rings (SSSR count). The zero-order valence-corrected chi connectivity index (χ0v) is 12.0. The largest absolute Gasteiger partial charge is 0.495 e. The molecule has 0 spiro atoms. The van der Waals surface area contributed by atoms with Crippen molar-refractivity contribution in [2.45, 2.75) is 6.92 Å². The fraction of sp³-hybridized carbons (Fsp3) is 0.333. The zero-order valence-electron chi connectivity index (χ0n) is 10.4. The summed E-state index contributed by atoms with van der Waals surface area (Å²) in [6, 6.07) is 5.18.